The minimum absolute atomic E-state index is 0.0930. The standard InChI is InChI=1S/C22H23F2NO/c23-17-9-10-21(24)20(13-17)22(26)16-11-18-7-4-8-19(12-16)25(18)14-15-5-2-1-3-6-15/h1-3,5-6,9-10,13,16,18-19H,4,7-8,11-12,14H2. The lowest BCUT2D eigenvalue weighted by molar-refractivity contribution is 0.00894. The Bertz CT molecular complexity index is 778. The smallest absolute Gasteiger partial charge is 0.169 e. The van der Waals surface area contributed by atoms with Gasteiger partial charge in [-0.05, 0) is 49.4 Å². The highest BCUT2D eigenvalue weighted by molar-refractivity contribution is 5.98. The second-order valence-electron chi connectivity index (χ2n) is 7.55. The van der Waals surface area contributed by atoms with E-state index in [0.29, 0.717) is 12.1 Å². The summed E-state index contributed by atoms with van der Waals surface area (Å²) in [6.07, 6.45) is 4.78. The summed E-state index contributed by atoms with van der Waals surface area (Å²) < 4.78 is 27.5. The minimum atomic E-state index is -0.617. The van der Waals surface area contributed by atoms with Crippen LogP contribution in [0.1, 0.15) is 48.0 Å². The van der Waals surface area contributed by atoms with E-state index in [1.807, 2.05) is 18.2 Å². The van der Waals surface area contributed by atoms with Gasteiger partial charge in [-0.3, -0.25) is 9.69 Å². The lowest BCUT2D eigenvalue weighted by Crippen LogP contribution is -2.52. The Morgan fingerprint density at radius 2 is 1.69 bits per heavy atom. The van der Waals surface area contributed by atoms with Crippen LogP contribution in [-0.4, -0.2) is 22.8 Å². The molecule has 0 amide bonds. The van der Waals surface area contributed by atoms with Crippen molar-refractivity contribution in [2.45, 2.75) is 50.7 Å². The highest BCUT2D eigenvalue weighted by Crippen LogP contribution is 2.39. The van der Waals surface area contributed by atoms with E-state index in [-0.39, 0.29) is 17.3 Å². The molecule has 26 heavy (non-hydrogen) atoms. The predicted octanol–water partition coefficient (Wildman–Crippen LogP) is 4.98. The Hall–Kier alpha value is -2.07. The van der Waals surface area contributed by atoms with Crippen LogP contribution in [0.2, 0.25) is 0 Å². The quantitative estimate of drug-likeness (QED) is 0.721. The lowest BCUT2D eigenvalue weighted by atomic mass is 9.75. The summed E-state index contributed by atoms with van der Waals surface area (Å²) in [7, 11) is 0. The van der Waals surface area contributed by atoms with Crippen molar-refractivity contribution in [2.75, 3.05) is 0 Å². The van der Waals surface area contributed by atoms with Gasteiger partial charge in [-0.2, -0.15) is 0 Å². The number of halogens is 2. The third-order valence-electron chi connectivity index (χ3n) is 5.90. The molecule has 0 N–H and O–H groups in total. The molecular weight excluding hydrogens is 332 g/mol. The number of fused-ring (bicyclic) bond motifs is 2. The molecule has 2 atom stereocenters. The van der Waals surface area contributed by atoms with Crippen LogP contribution in [0.4, 0.5) is 8.78 Å². The van der Waals surface area contributed by atoms with Crippen LogP contribution in [0.5, 0.6) is 0 Å². The van der Waals surface area contributed by atoms with Crippen LogP contribution in [0, 0.1) is 17.6 Å². The first-order valence-corrected chi connectivity index (χ1v) is 9.41. The lowest BCUT2D eigenvalue weighted by Gasteiger charge is -2.48. The van der Waals surface area contributed by atoms with E-state index >= 15 is 0 Å². The number of hydrogen-bond acceptors (Lipinski definition) is 2. The van der Waals surface area contributed by atoms with E-state index in [9.17, 15) is 13.6 Å². The fourth-order valence-electron chi connectivity index (χ4n) is 4.65. The number of piperidine rings is 2. The van der Waals surface area contributed by atoms with Crippen molar-refractivity contribution < 1.29 is 13.6 Å². The number of carbonyl (C=O) groups is 1. The van der Waals surface area contributed by atoms with Crippen molar-refractivity contribution in [2.24, 2.45) is 5.92 Å². The number of rotatable bonds is 4. The van der Waals surface area contributed by atoms with Crippen LogP contribution in [0.15, 0.2) is 48.5 Å². The van der Waals surface area contributed by atoms with Gasteiger partial charge < -0.3 is 0 Å². The van der Waals surface area contributed by atoms with Crippen molar-refractivity contribution in [1.82, 2.24) is 4.90 Å². The molecule has 0 aliphatic carbocycles. The molecule has 2 unspecified atom stereocenters. The molecule has 4 heteroatoms. The maximum absolute atomic E-state index is 14.0. The molecule has 2 aromatic carbocycles. The van der Waals surface area contributed by atoms with Gasteiger partial charge in [0.15, 0.2) is 5.78 Å². The van der Waals surface area contributed by atoms with Crippen molar-refractivity contribution >= 4 is 5.78 Å². The zero-order valence-electron chi connectivity index (χ0n) is 14.7. The van der Waals surface area contributed by atoms with Crippen LogP contribution < -0.4 is 0 Å². The van der Waals surface area contributed by atoms with E-state index in [1.54, 1.807) is 0 Å². The molecule has 0 saturated carbocycles. The van der Waals surface area contributed by atoms with Gasteiger partial charge in [-0.15, -0.1) is 0 Å². The number of nitrogens with zero attached hydrogens (tertiary/aromatic N) is 1. The molecule has 4 rings (SSSR count). The van der Waals surface area contributed by atoms with Gasteiger partial charge >= 0.3 is 0 Å². The predicted molar refractivity (Wildman–Crippen MR) is 96.8 cm³/mol. The molecule has 2 fully saturated rings. The van der Waals surface area contributed by atoms with Gasteiger partial charge in [0, 0.05) is 24.5 Å². The average molecular weight is 355 g/mol. The fourth-order valence-corrected chi connectivity index (χ4v) is 4.65. The third-order valence-corrected chi connectivity index (χ3v) is 5.90. The van der Waals surface area contributed by atoms with Crippen molar-refractivity contribution in [3.63, 3.8) is 0 Å². The molecule has 136 valence electrons. The van der Waals surface area contributed by atoms with Crippen molar-refractivity contribution in [3.8, 4) is 0 Å². The van der Waals surface area contributed by atoms with E-state index in [0.717, 1.165) is 50.4 Å². The van der Waals surface area contributed by atoms with E-state index < -0.39 is 11.6 Å². The van der Waals surface area contributed by atoms with Gasteiger partial charge in [0.25, 0.3) is 0 Å². The van der Waals surface area contributed by atoms with E-state index in [4.69, 9.17) is 0 Å². The number of carbonyl (C=O) groups excluding carboxylic acids is 1. The number of hydrogen-bond donors (Lipinski definition) is 0. The van der Waals surface area contributed by atoms with Crippen LogP contribution >= 0.6 is 0 Å². The summed E-state index contributed by atoms with van der Waals surface area (Å²) in [4.78, 5) is 15.4. The summed E-state index contributed by atoms with van der Waals surface area (Å²) in [6, 6.07) is 14.2. The van der Waals surface area contributed by atoms with Gasteiger partial charge in [0.1, 0.15) is 11.6 Å². The van der Waals surface area contributed by atoms with Crippen LogP contribution in [-0.2, 0) is 6.54 Å². The van der Waals surface area contributed by atoms with Crippen LogP contribution in [0.3, 0.4) is 0 Å². The molecule has 2 aromatic rings. The summed E-state index contributed by atoms with van der Waals surface area (Å²) in [6.45, 7) is 0.894. The Labute approximate surface area is 152 Å². The third kappa shape index (κ3) is 3.43. The zero-order valence-corrected chi connectivity index (χ0v) is 14.7. The Morgan fingerprint density at radius 1 is 1.00 bits per heavy atom. The first-order valence-electron chi connectivity index (χ1n) is 9.41. The maximum Gasteiger partial charge on any atom is 0.169 e. The van der Waals surface area contributed by atoms with E-state index in [1.165, 1.54) is 12.0 Å². The summed E-state index contributed by atoms with van der Waals surface area (Å²) >= 11 is 0. The van der Waals surface area contributed by atoms with Gasteiger partial charge in [-0.25, -0.2) is 8.78 Å². The summed E-state index contributed by atoms with van der Waals surface area (Å²) in [5, 5.41) is 0. The number of Topliss-reactive ketones (excluding diaryl/α,β-unsaturated/α-hetero) is 1. The first kappa shape index (κ1) is 17.3. The molecular formula is C22H23F2NO. The molecule has 0 aromatic heterocycles. The van der Waals surface area contributed by atoms with Gasteiger partial charge in [0.05, 0.1) is 5.56 Å². The molecule has 2 saturated heterocycles. The highest BCUT2D eigenvalue weighted by Gasteiger charge is 2.41. The molecule has 2 bridgehead atoms. The highest BCUT2D eigenvalue weighted by atomic mass is 19.1. The monoisotopic (exact) mass is 355 g/mol. The molecule has 2 nitrogen and oxygen atoms in total. The van der Waals surface area contributed by atoms with Crippen molar-refractivity contribution in [3.05, 3.63) is 71.3 Å². The molecule has 2 aliphatic heterocycles. The average Bonchev–Trinajstić information content (AvgIpc) is 2.64. The number of ketones is 1. The second kappa shape index (κ2) is 7.28. The SMILES string of the molecule is O=C(c1cc(F)ccc1F)C1CC2CCCC(C1)N2Cc1ccccc1. The van der Waals surface area contributed by atoms with Gasteiger partial charge in [0.2, 0.25) is 0 Å². The fraction of sp³-hybridized carbons (Fsp3) is 0.409. The van der Waals surface area contributed by atoms with E-state index in [2.05, 4.69) is 17.0 Å². The van der Waals surface area contributed by atoms with Crippen molar-refractivity contribution in [1.29, 1.82) is 0 Å². The minimum Gasteiger partial charge on any atom is -0.294 e. The zero-order chi connectivity index (χ0) is 18.1. The van der Waals surface area contributed by atoms with Gasteiger partial charge in [-0.1, -0.05) is 36.8 Å². The Morgan fingerprint density at radius 3 is 2.38 bits per heavy atom. The normalized spacial score (nSPS) is 25.8. The number of benzene rings is 2. The molecule has 0 radical (unpaired) electrons. The molecule has 2 heterocycles. The largest absolute Gasteiger partial charge is 0.294 e. The van der Waals surface area contributed by atoms with Crippen LogP contribution in [0.25, 0.3) is 0 Å². The maximum atomic E-state index is 14.0. The summed E-state index contributed by atoms with van der Waals surface area (Å²) in [5.41, 5.74) is 1.19. The Balaban J connectivity index is 1.52. The molecule has 0 spiro atoms. The topological polar surface area (TPSA) is 20.3 Å². The summed E-state index contributed by atoms with van der Waals surface area (Å²) in [5.74, 6) is -1.63. The first-order chi connectivity index (χ1) is 12.6. The Kier molecular flexibility index (Phi) is 4.86. The second-order valence-corrected chi connectivity index (χ2v) is 7.55. The molecule has 2 aliphatic rings.